The minimum absolute atomic E-state index is 0.339. The molecule has 0 fully saturated rings. The van der Waals surface area contributed by atoms with Gasteiger partial charge in [0.1, 0.15) is 24.2 Å². The van der Waals surface area contributed by atoms with Gasteiger partial charge in [0.15, 0.2) is 0 Å². The summed E-state index contributed by atoms with van der Waals surface area (Å²) in [7, 11) is 2.88. The molecule has 5 nitrogen and oxygen atoms in total. The topological polar surface area (TPSA) is 56.8 Å². The molecule has 0 radical (unpaired) electrons. The van der Waals surface area contributed by atoms with Gasteiger partial charge < -0.3 is 19.5 Å². The summed E-state index contributed by atoms with van der Waals surface area (Å²) in [6.07, 6.45) is 0.515. The molecule has 0 aliphatic rings. The van der Waals surface area contributed by atoms with Gasteiger partial charge in [0, 0.05) is 13.2 Å². The lowest BCUT2D eigenvalue weighted by atomic mass is 10.2. The molecule has 0 heterocycles. The highest BCUT2D eigenvalue weighted by molar-refractivity contribution is 5.79. The number of methoxy groups -OCH3 is 2. The van der Waals surface area contributed by atoms with E-state index < -0.39 is 17.8 Å². The number of esters is 1. The van der Waals surface area contributed by atoms with E-state index in [1.54, 1.807) is 7.11 Å². The number of hydrogen-bond donors (Lipinski definition) is 1. The van der Waals surface area contributed by atoms with Gasteiger partial charge in [-0.2, -0.15) is 0 Å². The fourth-order valence-electron chi connectivity index (χ4n) is 1.63. The van der Waals surface area contributed by atoms with E-state index in [4.69, 9.17) is 9.47 Å². The quantitative estimate of drug-likeness (QED) is 0.586. The number of nitrogens with one attached hydrogen (secondary N) is 1. The molecular formula is C14H20FNO4. The van der Waals surface area contributed by atoms with Crippen molar-refractivity contribution in [3.8, 4) is 5.75 Å². The second-order valence-corrected chi connectivity index (χ2v) is 4.11. The number of carbonyl (C=O) groups excluding carboxylic acids is 1. The van der Waals surface area contributed by atoms with Crippen LogP contribution in [0, 0.1) is 5.82 Å². The zero-order chi connectivity index (χ0) is 15.0. The first-order valence-electron chi connectivity index (χ1n) is 6.38. The van der Waals surface area contributed by atoms with Crippen LogP contribution in [0.2, 0.25) is 0 Å². The van der Waals surface area contributed by atoms with Gasteiger partial charge >= 0.3 is 5.97 Å². The molecule has 6 heteroatoms. The average molecular weight is 285 g/mol. The van der Waals surface area contributed by atoms with Gasteiger partial charge in [-0.05, 0) is 18.6 Å². The van der Waals surface area contributed by atoms with Crippen LogP contribution < -0.4 is 10.1 Å². The predicted octanol–water partition coefficient (Wildman–Crippen LogP) is 2.21. The summed E-state index contributed by atoms with van der Waals surface area (Å²) in [5, 5.41) is 2.94. The Labute approximate surface area is 118 Å². The summed E-state index contributed by atoms with van der Waals surface area (Å²) in [6.45, 7) is 2.59. The van der Waals surface area contributed by atoms with Gasteiger partial charge in [0.05, 0.1) is 19.4 Å². The monoisotopic (exact) mass is 285 g/mol. The Hall–Kier alpha value is -1.82. The van der Waals surface area contributed by atoms with Crippen LogP contribution in [0.1, 0.15) is 13.3 Å². The van der Waals surface area contributed by atoms with E-state index in [1.807, 2.05) is 6.92 Å². The lowest BCUT2D eigenvalue weighted by Gasteiger charge is -2.18. The largest absolute Gasteiger partial charge is 0.489 e. The van der Waals surface area contributed by atoms with Crippen LogP contribution in [0.25, 0.3) is 0 Å². The third-order valence-electron chi connectivity index (χ3n) is 2.71. The highest BCUT2D eigenvalue weighted by atomic mass is 19.1. The Morgan fingerprint density at radius 1 is 1.35 bits per heavy atom. The van der Waals surface area contributed by atoms with Crippen LogP contribution in [0.3, 0.4) is 0 Å². The highest BCUT2D eigenvalue weighted by Gasteiger charge is 2.18. The summed E-state index contributed by atoms with van der Waals surface area (Å²) < 4.78 is 28.4. The van der Waals surface area contributed by atoms with E-state index in [0.29, 0.717) is 31.1 Å². The van der Waals surface area contributed by atoms with Crippen molar-refractivity contribution in [2.75, 3.05) is 32.8 Å². The first kappa shape index (κ1) is 16.2. The maximum atomic E-state index is 13.3. The third kappa shape index (κ3) is 4.70. The lowest BCUT2D eigenvalue weighted by Crippen LogP contribution is -2.30. The number of rotatable bonds is 8. The first-order chi connectivity index (χ1) is 9.62. The average Bonchev–Trinajstić information content (AvgIpc) is 2.46. The number of hydrogen-bond acceptors (Lipinski definition) is 5. The highest BCUT2D eigenvalue weighted by Crippen LogP contribution is 2.26. The summed E-state index contributed by atoms with van der Waals surface area (Å²) in [4.78, 5) is 11.6. The van der Waals surface area contributed by atoms with E-state index in [0.717, 1.165) is 0 Å². The smallest absolute Gasteiger partial charge is 0.328 e. The van der Waals surface area contributed by atoms with E-state index >= 15 is 0 Å². The van der Waals surface area contributed by atoms with Gasteiger partial charge in [-0.3, -0.25) is 0 Å². The maximum absolute atomic E-state index is 13.3. The van der Waals surface area contributed by atoms with E-state index in [1.165, 1.54) is 25.3 Å². The molecule has 1 atom stereocenters. The fraction of sp³-hybridized carbons (Fsp3) is 0.500. The van der Waals surface area contributed by atoms with Crippen LogP contribution >= 0.6 is 0 Å². The molecule has 0 aliphatic heterocycles. The molecule has 1 aromatic carbocycles. The van der Waals surface area contributed by atoms with E-state index in [-0.39, 0.29) is 0 Å². The van der Waals surface area contributed by atoms with Gasteiger partial charge in [0.2, 0.25) is 0 Å². The second-order valence-electron chi connectivity index (χ2n) is 4.11. The Morgan fingerprint density at radius 3 is 2.70 bits per heavy atom. The van der Waals surface area contributed by atoms with Crippen LogP contribution in [-0.4, -0.2) is 39.4 Å². The van der Waals surface area contributed by atoms with Gasteiger partial charge in [0.25, 0.3) is 0 Å². The van der Waals surface area contributed by atoms with E-state index in [9.17, 15) is 9.18 Å². The maximum Gasteiger partial charge on any atom is 0.328 e. The van der Waals surface area contributed by atoms with Crippen molar-refractivity contribution in [3.05, 3.63) is 24.0 Å². The minimum Gasteiger partial charge on any atom is -0.489 e. The van der Waals surface area contributed by atoms with Crippen molar-refractivity contribution in [1.82, 2.24) is 0 Å². The number of halogens is 1. The molecular weight excluding hydrogens is 265 g/mol. The van der Waals surface area contributed by atoms with Crippen molar-refractivity contribution in [1.29, 1.82) is 0 Å². The summed E-state index contributed by atoms with van der Waals surface area (Å²) in [5.74, 6) is -0.350. The van der Waals surface area contributed by atoms with Gasteiger partial charge in [-0.1, -0.05) is 6.92 Å². The molecule has 1 unspecified atom stereocenters. The zero-order valence-electron chi connectivity index (χ0n) is 11.9. The zero-order valence-corrected chi connectivity index (χ0v) is 11.9. The molecule has 0 bridgehead atoms. The van der Waals surface area contributed by atoms with Gasteiger partial charge in [-0.15, -0.1) is 0 Å². The van der Waals surface area contributed by atoms with Crippen molar-refractivity contribution >= 4 is 11.7 Å². The molecule has 0 saturated heterocycles. The summed E-state index contributed by atoms with van der Waals surface area (Å²) in [6, 6.07) is 3.55. The van der Waals surface area contributed by atoms with Crippen molar-refractivity contribution in [3.63, 3.8) is 0 Å². The van der Waals surface area contributed by atoms with Crippen molar-refractivity contribution < 1.29 is 23.4 Å². The summed E-state index contributed by atoms with van der Waals surface area (Å²) >= 11 is 0. The second kappa shape index (κ2) is 8.37. The molecule has 0 amide bonds. The third-order valence-corrected chi connectivity index (χ3v) is 2.71. The first-order valence-corrected chi connectivity index (χ1v) is 6.38. The Bertz CT molecular complexity index is 439. The Kier molecular flexibility index (Phi) is 6.79. The van der Waals surface area contributed by atoms with Crippen molar-refractivity contribution in [2.45, 2.75) is 19.4 Å². The molecule has 0 spiro atoms. The number of benzene rings is 1. The van der Waals surface area contributed by atoms with Crippen molar-refractivity contribution in [2.24, 2.45) is 0 Å². The predicted molar refractivity (Wildman–Crippen MR) is 73.5 cm³/mol. The Balaban J connectivity index is 2.84. The molecule has 1 aromatic rings. The van der Waals surface area contributed by atoms with Crippen LogP contribution in [0.5, 0.6) is 5.75 Å². The molecule has 20 heavy (non-hydrogen) atoms. The minimum atomic E-state index is -0.549. The normalized spacial score (nSPS) is 11.8. The fourth-order valence-corrected chi connectivity index (χ4v) is 1.63. The SMILES string of the molecule is CCC(Nc1cc(F)ccc1OCCOC)C(=O)OC. The molecule has 1 N–H and O–H groups in total. The van der Waals surface area contributed by atoms with Crippen LogP contribution in [-0.2, 0) is 14.3 Å². The van der Waals surface area contributed by atoms with E-state index in [2.05, 4.69) is 10.1 Å². The number of ether oxygens (including phenoxy) is 3. The van der Waals surface area contributed by atoms with Crippen LogP contribution in [0.15, 0.2) is 18.2 Å². The Morgan fingerprint density at radius 2 is 2.10 bits per heavy atom. The molecule has 1 rings (SSSR count). The molecule has 0 saturated carbocycles. The lowest BCUT2D eigenvalue weighted by molar-refractivity contribution is -0.141. The molecule has 112 valence electrons. The van der Waals surface area contributed by atoms with Crippen LogP contribution in [0.4, 0.5) is 10.1 Å². The summed E-state index contributed by atoms with van der Waals surface area (Å²) in [5.41, 5.74) is 0.415. The number of carbonyl (C=O) groups is 1. The number of anilines is 1. The molecule has 0 aliphatic carbocycles. The van der Waals surface area contributed by atoms with Gasteiger partial charge in [-0.25, -0.2) is 9.18 Å². The molecule has 0 aromatic heterocycles. The standard InChI is InChI=1S/C14H20FNO4/c1-4-11(14(17)19-3)16-12-9-10(15)5-6-13(12)20-8-7-18-2/h5-6,9,11,16H,4,7-8H2,1-3H3.